The fourth-order valence-corrected chi connectivity index (χ4v) is 2.25. The summed E-state index contributed by atoms with van der Waals surface area (Å²) in [4.78, 5) is 12.8. The number of benzene rings is 2. The third kappa shape index (κ3) is 3.21. The summed E-state index contributed by atoms with van der Waals surface area (Å²) < 4.78 is 4.69. The van der Waals surface area contributed by atoms with Gasteiger partial charge in [-0.1, -0.05) is 24.8 Å². The summed E-state index contributed by atoms with van der Waals surface area (Å²) in [6.45, 7) is 3.35. The number of ether oxygens (including phenoxy) is 1. The molecule has 0 amide bonds. The van der Waals surface area contributed by atoms with E-state index in [4.69, 9.17) is 0 Å². The van der Waals surface area contributed by atoms with Gasteiger partial charge in [-0.2, -0.15) is 0 Å². The number of aryl methyl sites for hydroxylation is 1. The Morgan fingerprint density at radius 1 is 1.22 bits per heavy atom. The van der Waals surface area contributed by atoms with E-state index in [0.717, 1.165) is 22.9 Å². The number of nitrogens with zero attached hydrogens (tertiary/aromatic N) is 3. The average Bonchev–Trinajstić information content (AvgIpc) is 2.98. The predicted molar refractivity (Wildman–Crippen MR) is 85.1 cm³/mol. The molecule has 1 N–H and O–H groups in total. The van der Waals surface area contributed by atoms with E-state index in [1.165, 1.54) is 4.80 Å². The van der Waals surface area contributed by atoms with Crippen molar-refractivity contribution in [2.24, 2.45) is 0 Å². The number of phenols is 1. The Morgan fingerprint density at radius 2 is 1.91 bits per heavy atom. The summed E-state index contributed by atoms with van der Waals surface area (Å²) in [5, 5.41) is 18.8. The van der Waals surface area contributed by atoms with Crippen molar-refractivity contribution in [3.63, 3.8) is 0 Å². The Bertz CT molecular complexity index is 837. The lowest BCUT2D eigenvalue weighted by Gasteiger charge is -2.06. The number of carbonyl (C=O) groups excluding carboxylic acids is 1. The van der Waals surface area contributed by atoms with Gasteiger partial charge in [-0.05, 0) is 36.2 Å². The Morgan fingerprint density at radius 3 is 2.57 bits per heavy atom. The van der Waals surface area contributed by atoms with Gasteiger partial charge < -0.3 is 9.84 Å². The van der Waals surface area contributed by atoms with Crippen LogP contribution >= 0.6 is 0 Å². The third-order valence-corrected chi connectivity index (χ3v) is 3.37. The molecular weight excluding hydrogens is 294 g/mol. The molecule has 0 unspecified atom stereocenters. The molecule has 0 saturated carbocycles. The number of hydrogen-bond donors (Lipinski definition) is 1. The fraction of sp³-hybridized carbons (Fsp3) is 0.118. The lowest BCUT2D eigenvalue weighted by Crippen LogP contribution is -2.03. The van der Waals surface area contributed by atoms with Crippen LogP contribution in [0.25, 0.3) is 16.7 Å². The highest BCUT2D eigenvalue weighted by molar-refractivity contribution is 5.73. The molecule has 1 heterocycles. The maximum absolute atomic E-state index is 11.4. The van der Waals surface area contributed by atoms with E-state index in [2.05, 4.69) is 21.5 Å². The van der Waals surface area contributed by atoms with Gasteiger partial charge in [0.25, 0.3) is 0 Å². The number of hydrogen-bond acceptors (Lipinski definition) is 5. The van der Waals surface area contributed by atoms with Gasteiger partial charge >= 0.3 is 5.97 Å². The van der Waals surface area contributed by atoms with Crippen LogP contribution in [-0.2, 0) is 16.0 Å². The van der Waals surface area contributed by atoms with Crippen LogP contribution in [0.15, 0.2) is 55.3 Å². The molecule has 3 aromatic rings. The molecule has 6 heteroatoms. The second-order valence-corrected chi connectivity index (χ2v) is 4.96. The van der Waals surface area contributed by atoms with Crippen LogP contribution < -0.4 is 0 Å². The van der Waals surface area contributed by atoms with Gasteiger partial charge in [0.15, 0.2) is 0 Å². The maximum Gasteiger partial charge on any atom is 0.310 e. The smallest absolute Gasteiger partial charge is 0.310 e. The van der Waals surface area contributed by atoms with Crippen LogP contribution in [-0.4, -0.2) is 26.1 Å². The molecule has 0 atom stereocenters. The quantitative estimate of drug-likeness (QED) is 0.579. The van der Waals surface area contributed by atoms with Gasteiger partial charge in [0.05, 0.1) is 6.26 Å². The van der Waals surface area contributed by atoms with Crippen LogP contribution in [0.3, 0.4) is 0 Å². The van der Waals surface area contributed by atoms with Crippen molar-refractivity contribution in [3.05, 3.63) is 60.9 Å². The van der Waals surface area contributed by atoms with E-state index >= 15 is 0 Å². The van der Waals surface area contributed by atoms with E-state index in [1.807, 2.05) is 24.3 Å². The highest BCUT2D eigenvalue weighted by Gasteiger charge is 2.10. The van der Waals surface area contributed by atoms with Crippen molar-refractivity contribution in [1.82, 2.24) is 15.0 Å². The second kappa shape index (κ2) is 6.31. The van der Waals surface area contributed by atoms with E-state index in [0.29, 0.717) is 12.1 Å². The molecule has 6 nitrogen and oxygen atoms in total. The van der Waals surface area contributed by atoms with E-state index in [9.17, 15) is 9.90 Å². The minimum absolute atomic E-state index is 0.0720. The minimum Gasteiger partial charge on any atom is -0.506 e. The van der Waals surface area contributed by atoms with Crippen molar-refractivity contribution in [2.75, 3.05) is 0 Å². The van der Waals surface area contributed by atoms with Crippen LogP contribution in [0.5, 0.6) is 5.75 Å². The van der Waals surface area contributed by atoms with Gasteiger partial charge in [-0.25, -0.2) is 0 Å². The number of phenolic OH excluding ortho intramolecular Hbond substituents is 1. The van der Waals surface area contributed by atoms with Crippen molar-refractivity contribution >= 4 is 17.0 Å². The van der Waals surface area contributed by atoms with E-state index in [-0.39, 0.29) is 18.1 Å². The number of carbonyl (C=O) groups is 1. The normalized spacial score (nSPS) is 10.6. The molecule has 2 aromatic carbocycles. The number of aromatic nitrogens is 3. The molecule has 3 rings (SSSR count). The standard InChI is InChI=1S/C17H15N3O3/c1-2-23-17(22)10-8-12-7-9-16(21)15(11-12)20-18-13-5-3-4-6-14(13)19-20/h2-7,9,11,21H,1,8,10H2. The van der Waals surface area contributed by atoms with Gasteiger partial charge in [0.2, 0.25) is 0 Å². The Balaban J connectivity index is 1.88. The molecule has 0 saturated heterocycles. The Labute approximate surface area is 132 Å². The minimum atomic E-state index is -0.349. The first-order valence-corrected chi connectivity index (χ1v) is 7.12. The molecule has 0 aliphatic heterocycles. The first kappa shape index (κ1) is 14.8. The summed E-state index contributed by atoms with van der Waals surface area (Å²) in [5.74, 6) is -0.277. The monoisotopic (exact) mass is 309 g/mol. The molecule has 0 spiro atoms. The van der Waals surface area contributed by atoms with E-state index in [1.54, 1.807) is 18.2 Å². The summed E-state index contributed by atoms with van der Waals surface area (Å²) in [7, 11) is 0. The lowest BCUT2D eigenvalue weighted by molar-refractivity contribution is -0.137. The zero-order chi connectivity index (χ0) is 16.2. The summed E-state index contributed by atoms with van der Waals surface area (Å²) in [5.41, 5.74) is 2.83. The first-order valence-electron chi connectivity index (χ1n) is 7.12. The zero-order valence-electron chi connectivity index (χ0n) is 12.3. The molecule has 0 bridgehead atoms. The van der Waals surface area contributed by atoms with E-state index < -0.39 is 0 Å². The number of esters is 1. The summed E-state index contributed by atoms with van der Waals surface area (Å²) in [6, 6.07) is 12.5. The zero-order valence-corrected chi connectivity index (χ0v) is 12.3. The SMILES string of the molecule is C=COC(=O)CCc1ccc(O)c(-n2nc3ccccc3n2)c1. The Kier molecular flexibility index (Phi) is 4.05. The predicted octanol–water partition coefficient (Wildman–Crippen LogP) is 2.75. The highest BCUT2D eigenvalue weighted by atomic mass is 16.5. The maximum atomic E-state index is 11.4. The molecule has 0 aliphatic rings. The summed E-state index contributed by atoms with van der Waals surface area (Å²) >= 11 is 0. The van der Waals surface area contributed by atoms with Crippen LogP contribution in [0.2, 0.25) is 0 Å². The van der Waals surface area contributed by atoms with Gasteiger partial charge in [0.1, 0.15) is 22.5 Å². The van der Waals surface area contributed by atoms with Crippen LogP contribution in [0.1, 0.15) is 12.0 Å². The number of fused-ring (bicyclic) bond motifs is 1. The molecule has 0 aliphatic carbocycles. The van der Waals surface area contributed by atoms with Gasteiger partial charge in [0, 0.05) is 6.42 Å². The summed E-state index contributed by atoms with van der Waals surface area (Å²) in [6.07, 6.45) is 1.83. The van der Waals surface area contributed by atoms with Crippen molar-refractivity contribution < 1.29 is 14.6 Å². The first-order chi connectivity index (χ1) is 11.2. The van der Waals surface area contributed by atoms with Crippen molar-refractivity contribution in [1.29, 1.82) is 0 Å². The molecule has 1 aromatic heterocycles. The third-order valence-electron chi connectivity index (χ3n) is 3.37. The highest BCUT2D eigenvalue weighted by Crippen LogP contribution is 2.23. The topological polar surface area (TPSA) is 77.2 Å². The van der Waals surface area contributed by atoms with Crippen LogP contribution in [0, 0.1) is 0 Å². The average molecular weight is 309 g/mol. The number of rotatable bonds is 5. The molecule has 23 heavy (non-hydrogen) atoms. The molecule has 0 fully saturated rings. The fourth-order valence-electron chi connectivity index (χ4n) is 2.25. The van der Waals surface area contributed by atoms with Crippen molar-refractivity contribution in [3.8, 4) is 11.4 Å². The van der Waals surface area contributed by atoms with Crippen molar-refractivity contribution in [2.45, 2.75) is 12.8 Å². The van der Waals surface area contributed by atoms with Gasteiger partial charge in [-0.3, -0.25) is 4.79 Å². The molecule has 0 radical (unpaired) electrons. The van der Waals surface area contributed by atoms with Crippen LogP contribution in [0.4, 0.5) is 0 Å². The van der Waals surface area contributed by atoms with Gasteiger partial charge in [-0.15, -0.1) is 15.0 Å². The number of aromatic hydroxyl groups is 1. The second-order valence-electron chi connectivity index (χ2n) is 4.96. The lowest BCUT2D eigenvalue weighted by atomic mass is 10.1. The molecular formula is C17H15N3O3. The molecule has 116 valence electrons. The largest absolute Gasteiger partial charge is 0.506 e. The Hall–Kier alpha value is -3.15.